The number of hydrogen-bond acceptors (Lipinski definition) is 6. The Bertz CT molecular complexity index is 641. The molecule has 2 aliphatic heterocycles. The third kappa shape index (κ3) is 4.17. The predicted molar refractivity (Wildman–Crippen MR) is 95.5 cm³/mol. The van der Waals surface area contributed by atoms with Gasteiger partial charge in [-0.05, 0) is 18.4 Å². The van der Waals surface area contributed by atoms with Crippen molar-refractivity contribution in [2.45, 2.75) is 81.6 Å². The van der Waals surface area contributed by atoms with Crippen LogP contribution in [0.2, 0.25) is 0 Å². The van der Waals surface area contributed by atoms with Gasteiger partial charge in [0.2, 0.25) is 5.91 Å². The van der Waals surface area contributed by atoms with E-state index in [0.29, 0.717) is 6.61 Å². The first-order valence-corrected chi connectivity index (χ1v) is 9.70. The summed E-state index contributed by atoms with van der Waals surface area (Å²) in [6, 6.07) is 9.77. The fraction of sp³-hybridized carbons (Fsp3) is 0.650. The molecule has 148 valence electrons. The number of hydrogen-bond donors (Lipinski definition) is 2. The Morgan fingerprint density at radius 3 is 2.56 bits per heavy atom. The molecule has 2 saturated heterocycles. The monoisotopic (exact) mass is 377 g/mol. The largest absolute Gasteiger partial charge is 0.390 e. The van der Waals surface area contributed by atoms with Crippen LogP contribution in [0.3, 0.4) is 0 Å². The first-order chi connectivity index (χ1) is 13.1. The maximum atomic E-state index is 11.3. The zero-order valence-corrected chi connectivity index (χ0v) is 15.2. The van der Waals surface area contributed by atoms with Gasteiger partial charge in [-0.25, -0.2) is 0 Å². The highest BCUT2D eigenvalue weighted by molar-refractivity contribution is 5.74. The van der Waals surface area contributed by atoms with Crippen molar-refractivity contribution in [1.82, 2.24) is 0 Å². The maximum absolute atomic E-state index is 11.3. The molecule has 4 rings (SSSR count). The molecular formula is C20H27NO6. The Hall–Kier alpha value is -1.51. The van der Waals surface area contributed by atoms with Crippen LogP contribution in [0, 0.1) is 0 Å². The van der Waals surface area contributed by atoms with E-state index in [9.17, 15) is 9.90 Å². The van der Waals surface area contributed by atoms with Crippen LogP contribution in [0.5, 0.6) is 0 Å². The van der Waals surface area contributed by atoms with Gasteiger partial charge in [0.15, 0.2) is 6.29 Å². The summed E-state index contributed by atoms with van der Waals surface area (Å²) in [6.07, 6.45) is 0.623. The van der Waals surface area contributed by atoms with E-state index in [1.54, 1.807) is 0 Å². The normalized spacial score (nSPS) is 36.6. The molecule has 0 radical (unpaired) electrons. The van der Waals surface area contributed by atoms with Crippen molar-refractivity contribution in [2.75, 3.05) is 0 Å². The summed E-state index contributed by atoms with van der Waals surface area (Å²) in [5.74, 6) is -0.585. The minimum absolute atomic E-state index is 0.0156. The Morgan fingerprint density at radius 2 is 1.85 bits per heavy atom. The lowest BCUT2D eigenvalue weighted by Gasteiger charge is -2.41. The smallest absolute Gasteiger partial charge is 0.220 e. The molecule has 2 heterocycles. The summed E-state index contributed by atoms with van der Waals surface area (Å²) in [7, 11) is 0. The first kappa shape index (κ1) is 18.8. The summed E-state index contributed by atoms with van der Waals surface area (Å²) in [6.45, 7) is 0.356. The van der Waals surface area contributed by atoms with Crippen molar-refractivity contribution < 1.29 is 28.8 Å². The standard InChI is InChI=1S/C20H27NO6/c21-16(23)10-13(22)17-18(24-11-12-6-2-1-3-7-12)19-20(27-17)26-15-9-5-4-8-14(15)25-19/h1-3,6-7,13-15,17-20,22H,4-5,8-11H2,(H2,21,23)/t13-,14?,15?,17-,18+,19-,20+/m1/s1. The lowest BCUT2D eigenvalue weighted by Crippen LogP contribution is -2.52. The predicted octanol–water partition coefficient (Wildman–Crippen LogP) is 1.26. The molecule has 3 N–H and O–H groups in total. The Labute approximate surface area is 158 Å². The van der Waals surface area contributed by atoms with E-state index in [1.807, 2.05) is 30.3 Å². The van der Waals surface area contributed by atoms with Gasteiger partial charge in [0.1, 0.15) is 18.3 Å². The molecule has 0 bridgehead atoms. The van der Waals surface area contributed by atoms with Crippen LogP contribution < -0.4 is 5.73 Å². The number of rotatable bonds is 6. The Morgan fingerprint density at radius 1 is 1.15 bits per heavy atom. The second-order valence-corrected chi connectivity index (χ2v) is 7.57. The topological polar surface area (TPSA) is 100 Å². The summed E-state index contributed by atoms with van der Waals surface area (Å²) in [5.41, 5.74) is 6.27. The summed E-state index contributed by atoms with van der Waals surface area (Å²) in [5, 5.41) is 10.5. The molecule has 1 saturated carbocycles. The summed E-state index contributed by atoms with van der Waals surface area (Å²) in [4.78, 5) is 11.3. The number of primary amides is 1. The molecule has 3 fully saturated rings. The minimum Gasteiger partial charge on any atom is -0.390 e. The van der Waals surface area contributed by atoms with Gasteiger partial charge >= 0.3 is 0 Å². The lowest BCUT2D eigenvalue weighted by molar-refractivity contribution is -0.288. The van der Waals surface area contributed by atoms with Crippen molar-refractivity contribution in [3.05, 3.63) is 35.9 Å². The molecule has 1 aromatic carbocycles. The third-order valence-corrected chi connectivity index (χ3v) is 5.56. The number of carbonyl (C=O) groups excluding carboxylic acids is 1. The van der Waals surface area contributed by atoms with Crippen LogP contribution in [0.15, 0.2) is 30.3 Å². The lowest BCUT2D eigenvalue weighted by atomic mass is 9.92. The first-order valence-electron chi connectivity index (χ1n) is 9.70. The van der Waals surface area contributed by atoms with Gasteiger partial charge in [0.05, 0.1) is 31.3 Å². The Balaban J connectivity index is 1.50. The number of aliphatic hydroxyl groups is 1. The number of benzene rings is 1. The van der Waals surface area contributed by atoms with Gasteiger partial charge in [0.25, 0.3) is 0 Å². The van der Waals surface area contributed by atoms with Crippen LogP contribution in [-0.4, -0.2) is 53.9 Å². The molecule has 7 heteroatoms. The number of amides is 1. The van der Waals surface area contributed by atoms with E-state index < -0.39 is 36.6 Å². The molecule has 7 atom stereocenters. The van der Waals surface area contributed by atoms with Crippen molar-refractivity contribution >= 4 is 5.91 Å². The molecule has 0 aromatic heterocycles. The van der Waals surface area contributed by atoms with Crippen LogP contribution >= 0.6 is 0 Å². The van der Waals surface area contributed by atoms with Crippen molar-refractivity contribution in [2.24, 2.45) is 5.73 Å². The van der Waals surface area contributed by atoms with E-state index in [4.69, 9.17) is 24.7 Å². The highest BCUT2D eigenvalue weighted by Gasteiger charge is 2.54. The molecule has 7 nitrogen and oxygen atoms in total. The molecule has 1 aromatic rings. The van der Waals surface area contributed by atoms with Crippen molar-refractivity contribution in [3.63, 3.8) is 0 Å². The maximum Gasteiger partial charge on any atom is 0.220 e. The zero-order valence-electron chi connectivity index (χ0n) is 15.2. The van der Waals surface area contributed by atoms with Crippen LogP contribution in [-0.2, 0) is 30.3 Å². The second-order valence-electron chi connectivity index (χ2n) is 7.57. The van der Waals surface area contributed by atoms with Gasteiger partial charge in [-0.2, -0.15) is 0 Å². The summed E-state index contributed by atoms with van der Waals surface area (Å²) >= 11 is 0. The molecular weight excluding hydrogens is 350 g/mol. The van der Waals surface area contributed by atoms with E-state index in [2.05, 4.69) is 0 Å². The van der Waals surface area contributed by atoms with Crippen molar-refractivity contribution in [3.8, 4) is 0 Å². The molecule has 3 aliphatic rings. The molecule has 1 amide bonds. The fourth-order valence-electron chi connectivity index (χ4n) is 4.24. The van der Waals surface area contributed by atoms with E-state index in [-0.39, 0.29) is 18.6 Å². The SMILES string of the molecule is NC(=O)C[C@@H](O)[C@H]1O[C@@H]2OC3CCCCC3O[C@@H]2[C@H]1OCc1ccccc1. The van der Waals surface area contributed by atoms with Gasteiger partial charge < -0.3 is 29.8 Å². The van der Waals surface area contributed by atoms with Gasteiger partial charge in [0, 0.05) is 0 Å². The molecule has 1 aliphatic carbocycles. The van der Waals surface area contributed by atoms with E-state index in [1.165, 1.54) is 0 Å². The highest BCUT2D eigenvalue weighted by atomic mass is 16.8. The summed E-state index contributed by atoms with van der Waals surface area (Å²) < 4.78 is 24.5. The average Bonchev–Trinajstić information content (AvgIpc) is 3.02. The second kappa shape index (κ2) is 8.24. The van der Waals surface area contributed by atoms with Crippen molar-refractivity contribution in [1.29, 1.82) is 0 Å². The highest BCUT2D eigenvalue weighted by Crippen LogP contribution is 2.39. The van der Waals surface area contributed by atoms with E-state index in [0.717, 1.165) is 31.2 Å². The third-order valence-electron chi connectivity index (χ3n) is 5.56. The molecule has 0 spiro atoms. The van der Waals surface area contributed by atoms with Gasteiger partial charge in [-0.15, -0.1) is 0 Å². The molecule has 2 unspecified atom stereocenters. The number of fused-ring (bicyclic) bond motifs is 2. The van der Waals surface area contributed by atoms with Crippen LogP contribution in [0.4, 0.5) is 0 Å². The van der Waals surface area contributed by atoms with E-state index >= 15 is 0 Å². The average molecular weight is 377 g/mol. The number of aliphatic hydroxyl groups excluding tert-OH is 1. The fourth-order valence-corrected chi connectivity index (χ4v) is 4.24. The minimum atomic E-state index is -1.07. The van der Waals surface area contributed by atoms with Gasteiger partial charge in [-0.1, -0.05) is 43.2 Å². The number of carbonyl (C=O) groups is 1. The van der Waals surface area contributed by atoms with Crippen LogP contribution in [0.25, 0.3) is 0 Å². The number of ether oxygens (including phenoxy) is 4. The number of nitrogens with two attached hydrogens (primary N) is 1. The zero-order chi connectivity index (χ0) is 18.8. The van der Waals surface area contributed by atoms with Crippen LogP contribution in [0.1, 0.15) is 37.7 Å². The Kier molecular flexibility index (Phi) is 5.75. The quantitative estimate of drug-likeness (QED) is 0.774. The molecule has 27 heavy (non-hydrogen) atoms. The van der Waals surface area contributed by atoms with Gasteiger partial charge in [-0.3, -0.25) is 4.79 Å².